The van der Waals surface area contributed by atoms with E-state index < -0.39 is 21.7 Å². The van der Waals surface area contributed by atoms with Gasteiger partial charge in [0, 0.05) is 12.0 Å². The second-order valence-electron chi connectivity index (χ2n) is 12.2. The van der Waals surface area contributed by atoms with E-state index in [2.05, 4.69) is 39.9 Å². The fourth-order valence-electron chi connectivity index (χ4n) is 5.61. The van der Waals surface area contributed by atoms with Gasteiger partial charge in [-0.3, -0.25) is 9.10 Å². The lowest BCUT2D eigenvalue weighted by Gasteiger charge is -2.42. The maximum absolute atomic E-state index is 14.0. The van der Waals surface area contributed by atoms with Crippen molar-refractivity contribution in [1.29, 1.82) is 0 Å². The van der Waals surface area contributed by atoms with E-state index in [9.17, 15) is 13.2 Å². The first-order valence-corrected chi connectivity index (χ1v) is 15.8. The fraction of sp³-hybridized carbons (Fsp3) is 0.424. The van der Waals surface area contributed by atoms with Crippen molar-refractivity contribution in [2.24, 2.45) is 0 Å². The van der Waals surface area contributed by atoms with Gasteiger partial charge in [0.1, 0.15) is 17.1 Å². The zero-order chi connectivity index (χ0) is 29.6. The highest BCUT2D eigenvalue weighted by Gasteiger charge is 2.42. The number of anilines is 1. The Morgan fingerprint density at radius 3 is 2.34 bits per heavy atom. The number of carbonyl (C=O) groups is 1. The number of aryl methyl sites for hydroxylation is 1. The Hall–Kier alpha value is -3.52. The molecule has 1 amide bonds. The van der Waals surface area contributed by atoms with Crippen LogP contribution in [0.15, 0.2) is 71.6 Å². The normalized spacial score (nSPS) is 19.8. The summed E-state index contributed by atoms with van der Waals surface area (Å²) in [4.78, 5) is 14.0. The van der Waals surface area contributed by atoms with Crippen molar-refractivity contribution in [3.63, 3.8) is 0 Å². The number of hydrogen-bond acceptors (Lipinski definition) is 5. The highest BCUT2D eigenvalue weighted by Crippen LogP contribution is 2.44. The predicted octanol–water partition coefficient (Wildman–Crippen LogP) is 6.45. The van der Waals surface area contributed by atoms with Crippen molar-refractivity contribution in [2.75, 3.05) is 10.8 Å². The summed E-state index contributed by atoms with van der Waals surface area (Å²) in [6.45, 7) is 12.2. The smallest absolute Gasteiger partial charge is 0.264 e. The quantitative estimate of drug-likeness (QED) is 0.365. The number of hydrogen-bond donors (Lipinski definition) is 1. The van der Waals surface area contributed by atoms with Crippen LogP contribution in [0.3, 0.4) is 0 Å². The summed E-state index contributed by atoms with van der Waals surface area (Å²) in [7, 11) is -3.98. The number of sulfonamides is 1. The lowest BCUT2D eigenvalue weighted by molar-refractivity contribution is -0.129. The van der Waals surface area contributed by atoms with Crippen LogP contribution in [0.1, 0.15) is 76.6 Å². The molecule has 0 aromatic heterocycles. The van der Waals surface area contributed by atoms with Crippen LogP contribution in [0.25, 0.3) is 0 Å². The van der Waals surface area contributed by atoms with Gasteiger partial charge in [-0.05, 0) is 61.1 Å². The van der Waals surface area contributed by atoms with Gasteiger partial charge in [0.25, 0.3) is 15.9 Å². The molecule has 3 aromatic rings. The van der Waals surface area contributed by atoms with E-state index in [-0.39, 0.29) is 28.8 Å². The standard InChI is InChI=1S/C33H40N2O5S/c1-7-33(8-2)20-26(25-11-9-10-12-28(25)40-33)34-31(36)30-21-35(41(37,38)24-16-13-22(3)14-17-24)27-19-23(32(4,5)6)15-18-29(27)39-30/h9-19,26,30H,7-8,20-21H2,1-6H3,(H,34,36)/t26-,30+/m0/s1. The molecule has 3 aromatic carbocycles. The number of nitrogens with zero attached hydrogens (tertiary/aromatic N) is 1. The third kappa shape index (κ3) is 5.54. The molecule has 2 atom stereocenters. The van der Waals surface area contributed by atoms with Crippen LogP contribution in [0, 0.1) is 6.92 Å². The van der Waals surface area contributed by atoms with Gasteiger partial charge >= 0.3 is 0 Å². The van der Waals surface area contributed by atoms with Crippen LogP contribution < -0.4 is 19.1 Å². The number of nitrogens with one attached hydrogen (secondary N) is 1. The van der Waals surface area contributed by atoms with Gasteiger partial charge in [-0.1, -0.05) is 76.6 Å². The number of benzene rings is 3. The Morgan fingerprint density at radius 2 is 1.68 bits per heavy atom. The van der Waals surface area contributed by atoms with Crippen LogP contribution in [-0.4, -0.2) is 32.6 Å². The van der Waals surface area contributed by atoms with E-state index >= 15 is 0 Å². The summed E-state index contributed by atoms with van der Waals surface area (Å²) < 4.78 is 42.0. The second kappa shape index (κ2) is 10.7. The molecule has 2 aliphatic heterocycles. The maximum Gasteiger partial charge on any atom is 0.264 e. The first-order chi connectivity index (χ1) is 19.4. The highest BCUT2D eigenvalue weighted by molar-refractivity contribution is 7.92. The van der Waals surface area contributed by atoms with Gasteiger partial charge in [-0.2, -0.15) is 0 Å². The van der Waals surface area contributed by atoms with E-state index in [0.717, 1.165) is 35.3 Å². The van der Waals surface area contributed by atoms with Crippen molar-refractivity contribution in [1.82, 2.24) is 5.32 Å². The van der Waals surface area contributed by atoms with Crippen LogP contribution in [0.5, 0.6) is 11.5 Å². The number of ether oxygens (including phenoxy) is 2. The van der Waals surface area contributed by atoms with Crippen molar-refractivity contribution in [2.45, 2.75) is 88.9 Å². The Morgan fingerprint density at radius 1 is 1.00 bits per heavy atom. The third-order valence-corrected chi connectivity index (χ3v) is 10.2. The Balaban J connectivity index is 1.50. The first-order valence-electron chi connectivity index (χ1n) is 14.4. The minimum atomic E-state index is -3.98. The Labute approximate surface area is 243 Å². The molecule has 41 heavy (non-hydrogen) atoms. The molecule has 0 unspecified atom stereocenters. The molecule has 2 heterocycles. The third-order valence-electron chi connectivity index (χ3n) is 8.40. The first kappa shape index (κ1) is 29.0. The summed E-state index contributed by atoms with van der Waals surface area (Å²) in [6, 6.07) is 19.8. The van der Waals surface area contributed by atoms with Crippen molar-refractivity contribution in [3.05, 3.63) is 83.4 Å². The summed E-state index contributed by atoms with van der Waals surface area (Å²) in [5.41, 5.74) is 2.69. The molecule has 5 rings (SSSR count). The van der Waals surface area contributed by atoms with Crippen LogP contribution >= 0.6 is 0 Å². The second-order valence-corrected chi connectivity index (χ2v) is 14.0. The zero-order valence-electron chi connectivity index (χ0n) is 24.7. The average molecular weight is 577 g/mol. The highest BCUT2D eigenvalue weighted by atomic mass is 32.2. The molecule has 0 bridgehead atoms. The molecule has 0 aliphatic carbocycles. The van der Waals surface area contributed by atoms with Crippen LogP contribution in [-0.2, 0) is 20.2 Å². The lowest BCUT2D eigenvalue weighted by atomic mass is 9.83. The number of para-hydroxylation sites is 1. The lowest BCUT2D eigenvalue weighted by Crippen LogP contribution is -2.53. The van der Waals surface area contributed by atoms with Crippen molar-refractivity contribution >= 4 is 21.6 Å². The molecular formula is C33H40N2O5S. The molecule has 0 saturated heterocycles. The van der Waals surface area contributed by atoms with Gasteiger partial charge in [0.05, 0.1) is 23.2 Å². The fourth-order valence-corrected chi connectivity index (χ4v) is 7.08. The topological polar surface area (TPSA) is 84.9 Å². The monoisotopic (exact) mass is 576 g/mol. The Kier molecular flexibility index (Phi) is 7.57. The van der Waals surface area contributed by atoms with E-state index in [1.54, 1.807) is 30.3 Å². The molecule has 7 nitrogen and oxygen atoms in total. The van der Waals surface area contributed by atoms with Gasteiger partial charge < -0.3 is 14.8 Å². The molecule has 0 saturated carbocycles. The molecule has 8 heteroatoms. The maximum atomic E-state index is 14.0. The van der Waals surface area contributed by atoms with Gasteiger partial charge in [0.2, 0.25) is 0 Å². The molecule has 0 spiro atoms. The summed E-state index contributed by atoms with van der Waals surface area (Å²) >= 11 is 0. The minimum absolute atomic E-state index is 0.139. The summed E-state index contributed by atoms with van der Waals surface area (Å²) in [5, 5.41) is 3.19. The van der Waals surface area contributed by atoms with E-state index in [0.29, 0.717) is 17.9 Å². The zero-order valence-corrected chi connectivity index (χ0v) is 25.5. The molecule has 0 radical (unpaired) electrons. The molecular weight excluding hydrogens is 536 g/mol. The largest absolute Gasteiger partial charge is 0.487 e. The molecule has 1 N–H and O–H groups in total. The van der Waals surface area contributed by atoms with E-state index in [1.807, 2.05) is 43.3 Å². The molecule has 2 aliphatic rings. The van der Waals surface area contributed by atoms with Crippen molar-refractivity contribution in [3.8, 4) is 11.5 Å². The molecule has 0 fully saturated rings. The predicted molar refractivity (Wildman–Crippen MR) is 161 cm³/mol. The number of carbonyl (C=O) groups excluding carboxylic acids is 1. The average Bonchev–Trinajstić information content (AvgIpc) is 2.95. The van der Waals surface area contributed by atoms with E-state index in [1.165, 1.54) is 4.31 Å². The number of fused-ring (bicyclic) bond motifs is 2. The Bertz CT molecular complexity index is 1540. The van der Waals surface area contributed by atoms with Gasteiger partial charge in [-0.25, -0.2) is 8.42 Å². The minimum Gasteiger partial charge on any atom is -0.487 e. The van der Waals surface area contributed by atoms with Crippen molar-refractivity contribution < 1.29 is 22.7 Å². The SMILES string of the molecule is CCC1(CC)C[C@H](NC(=O)[C@H]2CN(S(=O)(=O)c3ccc(C)cc3)c3cc(C(C)(C)C)ccc3O2)c2ccccc2O1. The van der Waals surface area contributed by atoms with E-state index in [4.69, 9.17) is 9.47 Å². The van der Waals surface area contributed by atoms with Crippen LogP contribution in [0.2, 0.25) is 0 Å². The van der Waals surface area contributed by atoms with Gasteiger partial charge in [-0.15, -0.1) is 0 Å². The van der Waals surface area contributed by atoms with Gasteiger partial charge in [0.15, 0.2) is 6.10 Å². The summed E-state index contributed by atoms with van der Waals surface area (Å²) in [6.07, 6.45) is 1.19. The number of amides is 1. The number of rotatable bonds is 6. The van der Waals surface area contributed by atoms with Crippen LogP contribution in [0.4, 0.5) is 5.69 Å². The molecule has 218 valence electrons. The summed E-state index contributed by atoms with van der Waals surface area (Å²) in [5.74, 6) is 0.771.